The Kier molecular flexibility index (Phi) is 3.94. The number of carbonyl (C=O) groups is 1. The van der Waals surface area contributed by atoms with E-state index in [1.165, 1.54) is 12.1 Å². The predicted molar refractivity (Wildman–Crippen MR) is 81.6 cm³/mol. The molecule has 1 aromatic heterocycles. The van der Waals surface area contributed by atoms with Gasteiger partial charge in [-0.3, -0.25) is 4.79 Å². The molecule has 6 heteroatoms. The van der Waals surface area contributed by atoms with Gasteiger partial charge in [0.1, 0.15) is 5.82 Å². The highest BCUT2D eigenvalue weighted by Crippen LogP contribution is 2.18. The van der Waals surface area contributed by atoms with E-state index in [-0.39, 0.29) is 17.8 Å². The minimum Gasteiger partial charge on any atom is -0.333 e. The SMILES string of the molecule is Cc1c(C(=O)N2CCNCC2C)cnn1-c1ccc(F)cc1. The van der Waals surface area contributed by atoms with E-state index in [4.69, 9.17) is 0 Å². The Labute approximate surface area is 128 Å². The lowest BCUT2D eigenvalue weighted by molar-refractivity contribution is 0.0655. The zero-order valence-electron chi connectivity index (χ0n) is 12.7. The van der Waals surface area contributed by atoms with Crippen LogP contribution in [0.4, 0.5) is 4.39 Å². The van der Waals surface area contributed by atoms with E-state index < -0.39 is 0 Å². The Hall–Kier alpha value is -2.21. The summed E-state index contributed by atoms with van der Waals surface area (Å²) in [6.07, 6.45) is 1.59. The normalized spacial score (nSPS) is 18.5. The lowest BCUT2D eigenvalue weighted by atomic mass is 10.1. The average molecular weight is 302 g/mol. The number of carbonyl (C=O) groups excluding carboxylic acids is 1. The highest BCUT2D eigenvalue weighted by molar-refractivity contribution is 5.95. The van der Waals surface area contributed by atoms with Gasteiger partial charge in [0.05, 0.1) is 23.1 Å². The highest BCUT2D eigenvalue weighted by atomic mass is 19.1. The minimum atomic E-state index is -0.292. The van der Waals surface area contributed by atoms with E-state index in [9.17, 15) is 9.18 Å². The van der Waals surface area contributed by atoms with E-state index >= 15 is 0 Å². The highest BCUT2D eigenvalue weighted by Gasteiger charge is 2.26. The first-order valence-corrected chi connectivity index (χ1v) is 7.40. The van der Waals surface area contributed by atoms with Gasteiger partial charge < -0.3 is 10.2 Å². The zero-order valence-corrected chi connectivity index (χ0v) is 12.7. The van der Waals surface area contributed by atoms with Crippen LogP contribution in [0.25, 0.3) is 5.69 Å². The molecule has 0 saturated carbocycles. The Morgan fingerprint density at radius 3 is 2.77 bits per heavy atom. The molecule has 5 nitrogen and oxygen atoms in total. The van der Waals surface area contributed by atoms with Crippen LogP contribution in [-0.2, 0) is 0 Å². The summed E-state index contributed by atoms with van der Waals surface area (Å²) in [5.74, 6) is -0.292. The maximum Gasteiger partial charge on any atom is 0.257 e. The first kappa shape index (κ1) is 14.7. The van der Waals surface area contributed by atoms with Crippen LogP contribution in [0.3, 0.4) is 0 Å². The molecule has 1 saturated heterocycles. The largest absolute Gasteiger partial charge is 0.333 e. The smallest absolute Gasteiger partial charge is 0.257 e. The molecule has 1 aromatic carbocycles. The molecule has 2 aromatic rings. The molecule has 1 aliphatic rings. The van der Waals surface area contributed by atoms with Crippen molar-refractivity contribution in [1.29, 1.82) is 0 Å². The van der Waals surface area contributed by atoms with Gasteiger partial charge in [-0.2, -0.15) is 5.10 Å². The van der Waals surface area contributed by atoms with Crippen LogP contribution in [0.15, 0.2) is 30.5 Å². The zero-order chi connectivity index (χ0) is 15.7. The third-order valence-electron chi connectivity index (χ3n) is 4.07. The summed E-state index contributed by atoms with van der Waals surface area (Å²) in [4.78, 5) is 14.6. The molecule has 1 fully saturated rings. The Morgan fingerprint density at radius 2 is 2.09 bits per heavy atom. The lowest BCUT2D eigenvalue weighted by Gasteiger charge is -2.33. The molecular weight excluding hydrogens is 283 g/mol. The number of nitrogens with zero attached hydrogens (tertiary/aromatic N) is 3. The van der Waals surface area contributed by atoms with Gasteiger partial charge in [0.25, 0.3) is 5.91 Å². The van der Waals surface area contributed by atoms with Crippen LogP contribution in [0.2, 0.25) is 0 Å². The average Bonchev–Trinajstić information content (AvgIpc) is 2.90. The fourth-order valence-corrected chi connectivity index (χ4v) is 2.76. The van der Waals surface area contributed by atoms with Gasteiger partial charge in [0, 0.05) is 25.7 Å². The third kappa shape index (κ3) is 2.62. The summed E-state index contributed by atoms with van der Waals surface area (Å²) >= 11 is 0. The van der Waals surface area contributed by atoms with Gasteiger partial charge in [0.15, 0.2) is 0 Å². The van der Waals surface area contributed by atoms with Gasteiger partial charge in [-0.1, -0.05) is 0 Å². The van der Waals surface area contributed by atoms with E-state index in [2.05, 4.69) is 10.4 Å². The van der Waals surface area contributed by atoms with Gasteiger partial charge in [-0.15, -0.1) is 0 Å². The summed E-state index contributed by atoms with van der Waals surface area (Å²) in [5.41, 5.74) is 2.10. The van der Waals surface area contributed by atoms with Gasteiger partial charge in [0.2, 0.25) is 0 Å². The minimum absolute atomic E-state index is 0.000128. The van der Waals surface area contributed by atoms with Crippen molar-refractivity contribution in [2.24, 2.45) is 0 Å². The molecule has 116 valence electrons. The molecule has 1 aliphatic heterocycles. The van der Waals surface area contributed by atoms with Crippen molar-refractivity contribution in [2.45, 2.75) is 19.9 Å². The molecule has 1 unspecified atom stereocenters. The predicted octanol–water partition coefficient (Wildman–Crippen LogP) is 1.75. The first-order chi connectivity index (χ1) is 10.6. The van der Waals surface area contributed by atoms with Crippen LogP contribution in [0, 0.1) is 12.7 Å². The van der Waals surface area contributed by atoms with Crippen molar-refractivity contribution < 1.29 is 9.18 Å². The van der Waals surface area contributed by atoms with Gasteiger partial charge in [-0.05, 0) is 38.1 Å². The number of piperazine rings is 1. The Morgan fingerprint density at radius 1 is 1.36 bits per heavy atom. The van der Waals surface area contributed by atoms with Crippen LogP contribution < -0.4 is 5.32 Å². The number of hydrogen-bond donors (Lipinski definition) is 1. The first-order valence-electron chi connectivity index (χ1n) is 7.40. The quantitative estimate of drug-likeness (QED) is 0.919. The van der Waals surface area contributed by atoms with Crippen LogP contribution in [0.1, 0.15) is 23.0 Å². The number of nitrogens with one attached hydrogen (secondary N) is 1. The molecule has 0 spiro atoms. The van der Waals surface area contributed by atoms with Crippen LogP contribution in [-0.4, -0.2) is 46.3 Å². The van der Waals surface area contributed by atoms with E-state index in [0.29, 0.717) is 12.1 Å². The summed E-state index contributed by atoms with van der Waals surface area (Å²) in [5, 5.41) is 7.56. The Balaban J connectivity index is 1.89. The number of amides is 1. The van der Waals surface area contributed by atoms with Crippen LogP contribution in [0.5, 0.6) is 0 Å². The molecule has 1 amide bonds. The molecule has 0 bridgehead atoms. The van der Waals surface area contributed by atoms with Crippen molar-refractivity contribution >= 4 is 5.91 Å². The summed E-state index contributed by atoms with van der Waals surface area (Å²) in [6.45, 7) is 6.19. The molecular formula is C16H19FN4O. The van der Waals surface area contributed by atoms with Crippen molar-refractivity contribution in [1.82, 2.24) is 20.0 Å². The number of halogens is 1. The number of hydrogen-bond acceptors (Lipinski definition) is 3. The molecule has 1 N–H and O–H groups in total. The second-order valence-electron chi connectivity index (χ2n) is 5.58. The maximum absolute atomic E-state index is 13.0. The number of benzene rings is 1. The maximum atomic E-state index is 13.0. The second kappa shape index (κ2) is 5.88. The van der Waals surface area contributed by atoms with Crippen molar-refractivity contribution in [3.63, 3.8) is 0 Å². The van der Waals surface area contributed by atoms with Crippen molar-refractivity contribution in [3.05, 3.63) is 47.5 Å². The van der Waals surface area contributed by atoms with E-state index in [0.717, 1.165) is 24.5 Å². The van der Waals surface area contributed by atoms with Gasteiger partial charge >= 0.3 is 0 Å². The molecule has 22 heavy (non-hydrogen) atoms. The molecule has 0 aliphatic carbocycles. The molecule has 3 rings (SSSR count). The van der Waals surface area contributed by atoms with Crippen molar-refractivity contribution in [3.8, 4) is 5.69 Å². The topological polar surface area (TPSA) is 50.2 Å². The molecule has 2 heterocycles. The van der Waals surface area contributed by atoms with Crippen molar-refractivity contribution in [2.75, 3.05) is 19.6 Å². The monoisotopic (exact) mass is 302 g/mol. The summed E-state index contributed by atoms with van der Waals surface area (Å²) in [7, 11) is 0. The fraction of sp³-hybridized carbons (Fsp3) is 0.375. The van der Waals surface area contributed by atoms with Crippen LogP contribution >= 0.6 is 0 Å². The summed E-state index contributed by atoms with van der Waals surface area (Å²) < 4.78 is 14.7. The van der Waals surface area contributed by atoms with E-state index in [1.807, 2.05) is 18.7 Å². The Bertz CT molecular complexity index is 680. The summed E-state index contributed by atoms with van der Waals surface area (Å²) in [6, 6.07) is 6.23. The standard InChI is InChI=1S/C16H19FN4O/c1-11-9-18-7-8-20(11)16(22)15-10-19-21(12(15)2)14-5-3-13(17)4-6-14/h3-6,10-11,18H,7-9H2,1-2H3. The van der Waals surface area contributed by atoms with E-state index in [1.54, 1.807) is 23.0 Å². The number of rotatable bonds is 2. The number of aromatic nitrogens is 2. The second-order valence-corrected chi connectivity index (χ2v) is 5.58. The fourth-order valence-electron chi connectivity index (χ4n) is 2.76. The molecule has 1 atom stereocenters. The lowest BCUT2D eigenvalue weighted by Crippen LogP contribution is -2.52. The third-order valence-corrected chi connectivity index (χ3v) is 4.07. The molecule has 0 radical (unpaired) electrons. The van der Waals surface area contributed by atoms with Gasteiger partial charge in [-0.25, -0.2) is 9.07 Å².